The summed E-state index contributed by atoms with van der Waals surface area (Å²) in [5.41, 5.74) is -0.125. The van der Waals surface area contributed by atoms with Crippen molar-refractivity contribution >= 4 is 29.0 Å². The molecule has 0 saturated carbocycles. The standard InChI is InChI=1S/C14H8Cl2F2O/c15-8-4-5-13(18)10(6-8)14(19)7-9-11(16)2-1-3-12(9)17/h1-6H,7H2. The molecule has 5 heteroatoms. The van der Waals surface area contributed by atoms with Crippen LogP contribution in [-0.4, -0.2) is 5.78 Å². The number of hydrogen-bond acceptors (Lipinski definition) is 1. The van der Waals surface area contributed by atoms with E-state index < -0.39 is 17.4 Å². The van der Waals surface area contributed by atoms with Gasteiger partial charge in [0.05, 0.1) is 5.56 Å². The first-order chi connectivity index (χ1) is 8.99. The highest BCUT2D eigenvalue weighted by Gasteiger charge is 2.16. The summed E-state index contributed by atoms with van der Waals surface area (Å²) < 4.78 is 27.1. The fourth-order valence-corrected chi connectivity index (χ4v) is 2.07. The van der Waals surface area contributed by atoms with Gasteiger partial charge in [-0.2, -0.15) is 0 Å². The van der Waals surface area contributed by atoms with E-state index in [0.29, 0.717) is 0 Å². The molecule has 0 radical (unpaired) electrons. The Balaban J connectivity index is 2.34. The predicted molar refractivity (Wildman–Crippen MR) is 70.9 cm³/mol. The minimum absolute atomic E-state index is 0.0496. The molecule has 0 aliphatic heterocycles. The van der Waals surface area contributed by atoms with Crippen molar-refractivity contribution in [2.24, 2.45) is 0 Å². The quantitative estimate of drug-likeness (QED) is 0.751. The maximum Gasteiger partial charge on any atom is 0.170 e. The third-order valence-electron chi connectivity index (χ3n) is 2.63. The van der Waals surface area contributed by atoms with Crippen LogP contribution in [-0.2, 0) is 6.42 Å². The fourth-order valence-electron chi connectivity index (χ4n) is 1.67. The molecule has 2 rings (SSSR count). The summed E-state index contributed by atoms with van der Waals surface area (Å²) in [6.07, 6.45) is -0.317. The smallest absolute Gasteiger partial charge is 0.170 e. The van der Waals surface area contributed by atoms with Gasteiger partial charge in [-0.25, -0.2) is 8.78 Å². The fraction of sp³-hybridized carbons (Fsp3) is 0.0714. The number of benzene rings is 2. The minimum atomic E-state index is -0.693. The van der Waals surface area contributed by atoms with Crippen molar-refractivity contribution in [2.45, 2.75) is 6.42 Å². The second-order valence-corrected chi connectivity index (χ2v) is 4.77. The van der Waals surface area contributed by atoms with Gasteiger partial charge in [-0.1, -0.05) is 29.3 Å². The van der Waals surface area contributed by atoms with Crippen LogP contribution < -0.4 is 0 Å². The number of Topliss-reactive ketones (excluding diaryl/α,β-unsaturated/α-hetero) is 1. The predicted octanol–water partition coefficient (Wildman–Crippen LogP) is 4.70. The van der Waals surface area contributed by atoms with E-state index >= 15 is 0 Å². The van der Waals surface area contributed by atoms with Crippen molar-refractivity contribution in [3.8, 4) is 0 Å². The van der Waals surface area contributed by atoms with Crippen LogP contribution in [0.5, 0.6) is 0 Å². The summed E-state index contributed by atoms with van der Waals surface area (Å²) in [5, 5.41) is 0.375. The number of carbonyl (C=O) groups is 1. The van der Waals surface area contributed by atoms with Crippen LogP contribution in [0.15, 0.2) is 36.4 Å². The molecule has 0 atom stereocenters. The van der Waals surface area contributed by atoms with E-state index in [2.05, 4.69) is 0 Å². The third-order valence-corrected chi connectivity index (χ3v) is 3.22. The van der Waals surface area contributed by atoms with Gasteiger partial charge in [-0.3, -0.25) is 4.79 Å². The minimum Gasteiger partial charge on any atom is -0.294 e. The lowest BCUT2D eigenvalue weighted by molar-refractivity contribution is 0.0988. The maximum atomic E-state index is 13.5. The normalized spacial score (nSPS) is 10.5. The molecule has 0 unspecified atom stereocenters. The highest BCUT2D eigenvalue weighted by atomic mass is 35.5. The zero-order valence-electron chi connectivity index (χ0n) is 9.59. The van der Waals surface area contributed by atoms with Crippen molar-refractivity contribution in [3.05, 3.63) is 69.2 Å². The molecule has 0 spiro atoms. The highest BCUT2D eigenvalue weighted by Crippen LogP contribution is 2.22. The molecule has 2 aromatic rings. The molecule has 0 aliphatic rings. The largest absolute Gasteiger partial charge is 0.294 e. The molecule has 0 heterocycles. The van der Waals surface area contributed by atoms with Gasteiger partial charge in [0, 0.05) is 22.0 Å². The first kappa shape index (κ1) is 14.0. The van der Waals surface area contributed by atoms with E-state index in [9.17, 15) is 13.6 Å². The number of halogens is 4. The van der Waals surface area contributed by atoms with Gasteiger partial charge in [-0.15, -0.1) is 0 Å². The maximum absolute atomic E-state index is 13.5. The summed E-state index contributed by atoms with van der Waals surface area (Å²) in [4.78, 5) is 12.0. The number of rotatable bonds is 3. The summed E-state index contributed by atoms with van der Waals surface area (Å²) in [6, 6.07) is 7.76. The zero-order valence-corrected chi connectivity index (χ0v) is 11.1. The summed E-state index contributed by atoms with van der Waals surface area (Å²) in [7, 11) is 0. The van der Waals surface area contributed by atoms with Crippen LogP contribution in [0.1, 0.15) is 15.9 Å². The Bertz CT molecular complexity index is 621. The van der Waals surface area contributed by atoms with Gasteiger partial charge in [0.25, 0.3) is 0 Å². The Morgan fingerprint density at radius 2 is 1.79 bits per heavy atom. The molecule has 19 heavy (non-hydrogen) atoms. The van der Waals surface area contributed by atoms with Gasteiger partial charge in [-0.05, 0) is 30.3 Å². The first-order valence-corrected chi connectivity index (χ1v) is 6.16. The molecular weight excluding hydrogens is 293 g/mol. The Morgan fingerprint density at radius 3 is 2.47 bits per heavy atom. The molecule has 0 bridgehead atoms. The third kappa shape index (κ3) is 3.11. The van der Waals surface area contributed by atoms with Crippen molar-refractivity contribution in [3.63, 3.8) is 0 Å². The zero-order chi connectivity index (χ0) is 14.0. The Hall–Kier alpha value is -1.45. The highest BCUT2D eigenvalue weighted by molar-refractivity contribution is 6.32. The van der Waals surface area contributed by atoms with Crippen LogP contribution in [0.4, 0.5) is 8.78 Å². The number of hydrogen-bond donors (Lipinski definition) is 0. The van der Waals surface area contributed by atoms with E-state index in [1.54, 1.807) is 0 Å². The second kappa shape index (κ2) is 5.68. The first-order valence-electron chi connectivity index (χ1n) is 5.40. The Labute approximate surface area is 118 Å². The number of carbonyl (C=O) groups excluding carboxylic acids is 1. The van der Waals surface area contributed by atoms with Crippen LogP contribution in [0.3, 0.4) is 0 Å². The molecule has 0 saturated heterocycles. The average Bonchev–Trinajstić information content (AvgIpc) is 2.37. The van der Waals surface area contributed by atoms with E-state index in [4.69, 9.17) is 23.2 Å². The van der Waals surface area contributed by atoms with Gasteiger partial charge >= 0.3 is 0 Å². The molecule has 0 amide bonds. The van der Waals surface area contributed by atoms with Gasteiger partial charge in [0.15, 0.2) is 5.78 Å². The molecule has 1 nitrogen and oxygen atoms in total. The molecular formula is C14H8Cl2F2O. The van der Waals surface area contributed by atoms with Gasteiger partial charge in [0.1, 0.15) is 11.6 Å². The molecule has 98 valence electrons. The topological polar surface area (TPSA) is 17.1 Å². The molecule has 2 aromatic carbocycles. The summed E-state index contributed by atoms with van der Waals surface area (Å²) in [6.45, 7) is 0. The lowest BCUT2D eigenvalue weighted by atomic mass is 10.0. The van der Waals surface area contributed by atoms with E-state index in [-0.39, 0.29) is 27.6 Å². The van der Waals surface area contributed by atoms with Crippen molar-refractivity contribution in [1.29, 1.82) is 0 Å². The monoisotopic (exact) mass is 300 g/mol. The second-order valence-electron chi connectivity index (χ2n) is 3.92. The lowest BCUT2D eigenvalue weighted by Crippen LogP contribution is -2.08. The Kier molecular flexibility index (Phi) is 4.17. The van der Waals surface area contributed by atoms with Crippen molar-refractivity contribution in [2.75, 3.05) is 0 Å². The number of ketones is 1. The summed E-state index contributed by atoms with van der Waals surface area (Å²) >= 11 is 11.5. The van der Waals surface area contributed by atoms with E-state index in [1.807, 2.05) is 0 Å². The van der Waals surface area contributed by atoms with Gasteiger partial charge < -0.3 is 0 Å². The molecule has 0 fully saturated rings. The SMILES string of the molecule is O=C(Cc1c(F)cccc1Cl)c1cc(Cl)ccc1F. The van der Waals surface area contributed by atoms with Gasteiger partial charge in [0.2, 0.25) is 0 Å². The van der Waals surface area contributed by atoms with Crippen LogP contribution >= 0.6 is 23.2 Å². The summed E-state index contributed by atoms with van der Waals surface area (Å²) in [5.74, 6) is -1.86. The van der Waals surface area contributed by atoms with Crippen LogP contribution in [0.25, 0.3) is 0 Å². The molecule has 0 aromatic heterocycles. The van der Waals surface area contributed by atoms with Crippen molar-refractivity contribution < 1.29 is 13.6 Å². The average molecular weight is 301 g/mol. The van der Waals surface area contributed by atoms with Crippen LogP contribution in [0, 0.1) is 11.6 Å². The Morgan fingerprint density at radius 1 is 1.05 bits per heavy atom. The molecule has 0 N–H and O–H groups in total. The van der Waals surface area contributed by atoms with Crippen LogP contribution in [0.2, 0.25) is 10.0 Å². The van der Waals surface area contributed by atoms with Crippen molar-refractivity contribution in [1.82, 2.24) is 0 Å². The molecule has 0 aliphatic carbocycles. The lowest BCUT2D eigenvalue weighted by Gasteiger charge is -2.06. The van der Waals surface area contributed by atoms with E-state index in [1.165, 1.54) is 30.3 Å². The van der Waals surface area contributed by atoms with E-state index in [0.717, 1.165) is 6.07 Å².